The number of aliphatic hydroxyl groups excluding tert-OH is 1. The van der Waals surface area contributed by atoms with Crippen LogP contribution in [-0.2, 0) is 9.59 Å². The standard InChI is InChI=1S/C11H17NO4S/c1-4-17-8(7-9(14)15)10(16)12-11(2,3)5-6-13/h1,8,13H,5-7H2,2-3H3,(H,12,16)(H,14,15). The Bertz CT molecular complexity index is 322. The summed E-state index contributed by atoms with van der Waals surface area (Å²) >= 11 is 0.844. The fourth-order valence-electron chi connectivity index (χ4n) is 1.18. The van der Waals surface area contributed by atoms with Crippen LogP contribution in [0.1, 0.15) is 26.7 Å². The molecule has 0 aliphatic rings. The number of hydrogen-bond donors (Lipinski definition) is 3. The van der Waals surface area contributed by atoms with Gasteiger partial charge in [0.2, 0.25) is 5.91 Å². The Labute approximate surface area is 105 Å². The zero-order chi connectivity index (χ0) is 13.5. The quantitative estimate of drug-likeness (QED) is 0.577. The minimum atomic E-state index is -1.08. The highest BCUT2D eigenvalue weighted by Gasteiger charge is 2.27. The van der Waals surface area contributed by atoms with Crippen LogP contribution >= 0.6 is 11.8 Å². The lowest BCUT2D eigenvalue weighted by molar-refractivity contribution is -0.138. The van der Waals surface area contributed by atoms with Crippen LogP contribution in [0.15, 0.2) is 0 Å². The van der Waals surface area contributed by atoms with Crippen LogP contribution in [0.25, 0.3) is 0 Å². The minimum absolute atomic E-state index is 0.0564. The first-order valence-corrected chi connectivity index (χ1v) is 5.96. The maximum atomic E-state index is 11.8. The van der Waals surface area contributed by atoms with E-state index in [1.807, 2.05) is 0 Å². The van der Waals surface area contributed by atoms with Crippen LogP contribution in [-0.4, -0.2) is 39.5 Å². The largest absolute Gasteiger partial charge is 0.481 e. The van der Waals surface area contributed by atoms with Crippen molar-refractivity contribution >= 4 is 23.6 Å². The number of amides is 1. The molecule has 0 aromatic rings. The minimum Gasteiger partial charge on any atom is -0.481 e. The normalized spacial score (nSPS) is 12.6. The van der Waals surface area contributed by atoms with Gasteiger partial charge in [-0.1, -0.05) is 11.8 Å². The molecule has 0 saturated carbocycles. The number of carboxylic acids is 1. The number of thioether (sulfide) groups is 1. The molecule has 0 fully saturated rings. The summed E-state index contributed by atoms with van der Waals surface area (Å²) in [6, 6.07) is 0. The van der Waals surface area contributed by atoms with E-state index in [0.29, 0.717) is 6.42 Å². The summed E-state index contributed by atoms with van der Waals surface area (Å²) < 4.78 is 0. The summed E-state index contributed by atoms with van der Waals surface area (Å²) in [6.45, 7) is 3.44. The van der Waals surface area contributed by atoms with Crippen molar-refractivity contribution in [3.05, 3.63) is 0 Å². The number of hydrogen-bond acceptors (Lipinski definition) is 4. The first kappa shape index (κ1) is 15.8. The molecule has 17 heavy (non-hydrogen) atoms. The predicted octanol–water partition coefficient (Wildman–Crippen LogP) is 0.431. The highest BCUT2D eigenvalue weighted by molar-refractivity contribution is 8.05. The lowest BCUT2D eigenvalue weighted by Gasteiger charge is -2.27. The van der Waals surface area contributed by atoms with Gasteiger partial charge < -0.3 is 15.5 Å². The summed E-state index contributed by atoms with van der Waals surface area (Å²) in [4.78, 5) is 22.4. The van der Waals surface area contributed by atoms with E-state index in [-0.39, 0.29) is 13.0 Å². The van der Waals surface area contributed by atoms with Gasteiger partial charge in [0.1, 0.15) is 5.25 Å². The van der Waals surface area contributed by atoms with Crippen LogP contribution in [0.3, 0.4) is 0 Å². The molecule has 1 unspecified atom stereocenters. The van der Waals surface area contributed by atoms with Gasteiger partial charge in [-0.05, 0) is 25.5 Å². The zero-order valence-corrected chi connectivity index (χ0v) is 10.7. The smallest absolute Gasteiger partial charge is 0.305 e. The summed E-state index contributed by atoms with van der Waals surface area (Å²) in [5, 5.41) is 21.6. The Balaban J connectivity index is 4.52. The Hall–Kier alpha value is -1.19. The van der Waals surface area contributed by atoms with Crippen LogP contribution in [0.5, 0.6) is 0 Å². The number of rotatable bonds is 7. The Morgan fingerprint density at radius 1 is 1.53 bits per heavy atom. The highest BCUT2D eigenvalue weighted by Crippen LogP contribution is 2.16. The van der Waals surface area contributed by atoms with Crippen molar-refractivity contribution < 1.29 is 19.8 Å². The van der Waals surface area contributed by atoms with Crippen molar-refractivity contribution in [3.8, 4) is 11.7 Å². The second-order valence-electron chi connectivity index (χ2n) is 4.17. The van der Waals surface area contributed by atoms with Gasteiger partial charge >= 0.3 is 5.97 Å². The molecule has 0 heterocycles. The monoisotopic (exact) mass is 259 g/mol. The van der Waals surface area contributed by atoms with Gasteiger partial charge in [-0.25, -0.2) is 0 Å². The average molecular weight is 259 g/mol. The van der Waals surface area contributed by atoms with E-state index in [0.717, 1.165) is 11.8 Å². The number of aliphatic carboxylic acids is 1. The van der Waals surface area contributed by atoms with Crippen LogP contribution < -0.4 is 5.32 Å². The van der Waals surface area contributed by atoms with E-state index in [1.54, 1.807) is 13.8 Å². The van der Waals surface area contributed by atoms with E-state index in [1.165, 1.54) is 0 Å². The topological polar surface area (TPSA) is 86.6 Å². The van der Waals surface area contributed by atoms with E-state index in [9.17, 15) is 9.59 Å². The average Bonchev–Trinajstić information content (AvgIpc) is 2.15. The van der Waals surface area contributed by atoms with Gasteiger partial charge in [-0.15, -0.1) is 6.42 Å². The molecule has 96 valence electrons. The Kier molecular flexibility index (Phi) is 6.69. The van der Waals surface area contributed by atoms with Crippen LogP contribution in [0, 0.1) is 11.7 Å². The van der Waals surface area contributed by atoms with Gasteiger partial charge in [-0.2, -0.15) is 0 Å². The molecule has 0 saturated heterocycles. The number of terminal acetylenes is 1. The van der Waals surface area contributed by atoms with Crippen molar-refractivity contribution in [2.75, 3.05) is 6.61 Å². The van der Waals surface area contributed by atoms with Crippen molar-refractivity contribution in [1.82, 2.24) is 5.32 Å². The van der Waals surface area contributed by atoms with Gasteiger partial charge in [0, 0.05) is 12.1 Å². The molecular formula is C11H17NO4S. The molecule has 0 spiro atoms. The molecule has 0 aromatic carbocycles. The number of nitrogens with one attached hydrogen (secondary N) is 1. The third kappa shape index (κ3) is 6.87. The molecular weight excluding hydrogens is 242 g/mol. The van der Waals surface area contributed by atoms with Gasteiger partial charge in [0.15, 0.2) is 0 Å². The maximum absolute atomic E-state index is 11.8. The van der Waals surface area contributed by atoms with Gasteiger partial charge in [0.25, 0.3) is 0 Å². The first-order valence-electron chi connectivity index (χ1n) is 5.08. The summed E-state index contributed by atoms with van der Waals surface area (Å²) in [7, 11) is 0. The second-order valence-corrected chi connectivity index (χ2v) is 5.21. The first-order chi connectivity index (χ1) is 7.82. The fraction of sp³-hybridized carbons (Fsp3) is 0.636. The molecule has 1 atom stereocenters. The van der Waals surface area contributed by atoms with E-state index < -0.39 is 22.7 Å². The molecule has 1 amide bonds. The van der Waals surface area contributed by atoms with Crippen LogP contribution in [0.2, 0.25) is 0 Å². The highest BCUT2D eigenvalue weighted by atomic mass is 32.2. The van der Waals surface area contributed by atoms with Crippen molar-refractivity contribution in [2.24, 2.45) is 0 Å². The SMILES string of the molecule is C#CSC(CC(=O)O)C(=O)NC(C)(C)CCO. The van der Waals surface area contributed by atoms with E-state index in [2.05, 4.69) is 10.6 Å². The zero-order valence-electron chi connectivity index (χ0n) is 9.90. The van der Waals surface area contributed by atoms with Crippen molar-refractivity contribution in [2.45, 2.75) is 37.5 Å². The Morgan fingerprint density at radius 2 is 2.12 bits per heavy atom. The molecule has 5 nitrogen and oxygen atoms in total. The summed E-state index contributed by atoms with van der Waals surface area (Å²) in [5.41, 5.74) is -0.586. The lowest BCUT2D eigenvalue weighted by Crippen LogP contribution is -2.47. The number of aliphatic hydroxyl groups is 1. The molecule has 0 rings (SSSR count). The van der Waals surface area contributed by atoms with E-state index in [4.69, 9.17) is 16.6 Å². The molecule has 0 aromatic heterocycles. The van der Waals surface area contributed by atoms with Crippen molar-refractivity contribution in [1.29, 1.82) is 0 Å². The molecule has 0 radical (unpaired) electrons. The summed E-state index contributed by atoms with van der Waals surface area (Å²) in [5.74, 6) is -1.50. The third-order valence-electron chi connectivity index (χ3n) is 2.06. The van der Waals surface area contributed by atoms with Crippen molar-refractivity contribution in [3.63, 3.8) is 0 Å². The lowest BCUT2D eigenvalue weighted by atomic mass is 10.0. The Morgan fingerprint density at radius 3 is 2.53 bits per heavy atom. The summed E-state index contributed by atoms with van der Waals surface area (Å²) in [6.07, 6.45) is 5.13. The number of carboxylic acid groups (broad SMARTS) is 1. The fourth-order valence-corrected chi connectivity index (χ4v) is 1.74. The molecule has 0 bridgehead atoms. The van der Waals surface area contributed by atoms with Crippen LogP contribution in [0.4, 0.5) is 0 Å². The van der Waals surface area contributed by atoms with Gasteiger partial charge in [0.05, 0.1) is 6.42 Å². The molecule has 3 N–H and O–H groups in total. The molecule has 6 heteroatoms. The number of carbonyl (C=O) groups excluding carboxylic acids is 1. The third-order valence-corrected chi connectivity index (χ3v) is 2.86. The second kappa shape index (κ2) is 7.20. The molecule has 0 aliphatic carbocycles. The molecule has 0 aliphatic heterocycles. The predicted molar refractivity (Wildman–Crippen MR) is 66.4 cm³/mol. The number of carbonyl (C=O) groups is 2. The maximum Gasteiger partial charge on any atom is 0.305 e. The van der Waals surface area contributed by atoms with E-state index >= 15 is 0 Å². The van der Waals surface area contributed by atoms with Gasteiger partial charge in [-0.3, -0.25) is 9.59 Å².